The zero-order valence-corrected chi connectivity index (χ0v) is 11.4. The number of sulfonamides is 1. The molecule has 102 valence electrons. The Balaban J connectivity index is 2.06. The van der Waals surface area contributed by atoms with Gasteiger partial charge in [-0.25, -0.2) is 13.1 Å². The monoisotopic (exact) mass is 280 g/mol. The molecule has 0 saturated carbocycles. The molecule has 0 saturated heterocycles. The van der Waals surface area contributed by atoms with E-state index in [1.807, 2.05) is 6.92 Å². The van der Waals surface area contributed by atoms with Crippen LogP contribution in [0.25, 0.3) is 0 Å². The highest BCUT2D eigenvalue weighted by atomic mass is 32.2. The number of benzene rings is 1. The summed E-state index contributed by atoms with van der Waals surface area (Å²) >= 11 is 0. The van der Waals surface area contributed by atoms with E-state index in [0.717, 1.165) is 12.2 Å². The van der Waals surface area contributed by atoms with Crippen LogP contribution in [0.3, 0.4) is 0 Å². The van der Waals surface area contributed by atoms with Gasteiger partial charge in [-0.3, -0.25) is 0 Å². The molecule has 0 spiro atoms. The smallest absolute Gasteiger partial charge is 0.240 e. The molecule has 0 bridgehead atoms. The van der Waals surface area contributed by atoms with E-state index >= 15 is 0 Å². The minimum Gasteiger partial charge on any atom is -0.468 e. The summed E-state index contributed by atoms with van der Waals surface area (Å²) in [5.74, 6) is 0.577. The standard InChI is InChI=1S/C13H16N2O3S/c1-2-14-11-5-7-13(8-6-11)19(16,17)15-10-12-4-3-9-18-12/h3-9,14-15H,2,10H2,1H3. The molecule has 0 amide bonds. The van der Waals surface area contributed by atoms with Crippen LogP contribution in [0.15, 0.2) is 52.0 Å². The molecule has 0 radical (unpaired) electrons. The first-order valence-corrected chi connectivity index (χ1v) is 7.46. The maximum atomic E-state index is 12.0. The summed E-state index contributed by atoms with van der Waals surface area (Å²) in [5.41, 5.74) is 0.896. The molecular weight excluding hydrogens is 264 g/mol. The minimum atomic E-state index is -3.51. The maximum Gasteiger partial charge on any atom is 0.240 e. The molecule has 1 aromatic heterocycles. The van der Waals surface area contributed by atoms with E-state index < -0.39 is 10.0 Å². The first-order valence-electron chi connectivity index (χ1n) is 5.98. The Morgan fingerprint density at radius 2 is 1.89 bits per heavy atom. The molecule has 0 aliphatic heterocycles. The Kier molecular flexibility index (Phi) is 4.24. The normalized spacial score (nSPS) is 11.4. The van der Waals surface area contributed by atoms with Crippen LogP contribution in [-0.4, -0.2) is 15.0 Å². The molecule has 0 unspecified atom stereocenters. The molecule has 0 atom stereocenters. The van der Waals surface area contributed by atoms with Crippen molar-refractivity contribution in [1.82, 2.24) is 4.72 Å². The number of rotatable bonds is 6. The Hall–Kier alpha value is -1.79. The van der Waals surface area contributed by atoms with Crippen LogP contribution in [-0.2, 0) is 16.6 Å². The third kappa shape index (κ3) is 3.59. The van der Waals surface area contributed by atoms with Crippen molar-refractivity contribution in [2.24, 2.45) is 0 Å². The molecule has 2 N–H and O–H groups in total. The molecule has 5 nitrogen and oxygen atoms in total. The second-order valence-corrected chi connectivity index (χ2v) is 5.73. The highest BCUT2D eigenvalue weighted by Gasteiger charge is 2.13. The zero-order chi connectivity index (χ0) is 13.7. The van der Waals surface area contributed by atoms with Crippen molar-refractivity contribution in [1.29, 1.82) is 0 Å². The van der Waals surface area contributed by atoms with Gasteiger partial charge in [0.25, 0.3) is 0 Å². The van der Waals surface area contributed by atoms with Gasteiger partial charge in [-0.1, -0.05) is 0 Å². The van der Waals surface area contributed by atoms with Crippen LogP contribution >= 0.6 is 0 Å². The zero-order valence-electron chi connectivity index (χ0n) is 10.6. The van der Waals surface area contributed by atoms with Crippen molar-refractivity contribution in [3.63, 3.8) is 0 Å². The SMILES string of the molecule is CCNc1ccc(S(=O)(=O)NCc2ccco2)cc1. The summed E-state index contributed by atoms with van der Waals surface area (Å²) in [6.45, 7) is 2.92. The van der Waals surface area contributed by atoms with Crippen LogP contribution in [0.4, 0.5) is 5.69 Å². The van der Waals surface area contributed by atoms with E-state index in [1.54, 1.807) is 36.4 Å². The van der Waals surface area contributed by atoms with E-state index in [2.05, 4.69) is 10.0 Å². The Labute approximate surface area is 112 Å². The third-order valence-electron chi connectivity index (χ3n) is 2.56. The fourth-order valence-corrected chi connectivity index (χ4v) is 2.61. The first kappa shape index (κ1) is 13.6. The molecular formula is C13H16N2O3S. The number of hydrogen-bond acceptors (Lipinski definition) is 4. The van der Waals surface area contributed by atoms with Crippen molar-refractivity contribution in [2.75, 3.05) is 11.9 Å². The quantitative estimate of drug-likeness (QED) is 0.851. The van der Waals surface area contributed by atoms with Crippen molar-refractivity contribution < 1.29 is 12.8 Å². The summed E-state index contributed by atoms with van der Waals surface area (Å²) in [6, 6.07) is 10.1. The molecule has 1 heterocycles. The van der Waals surface area contributed by atoms with Gasteiger partial charge >= 0.3 is 0 Å². The van der Waals surface area contributed by atoms with Crippen LogP contribution in [0.5, 0.6) is 0 Å². The van der Waals surface area contributed by atoms with E-state index in [4.69, 9.17) is 4.42 Å². The van der Waals surface area contributed by atoms with Crippen molar-refractivity contribution in [3.05, 3.63) is 48.4 Å². The second kappa shape index (κ2) is 5.90. The summed E-state index contributed by atoms with van der Waals surface area (Å²) in [6.07, 6.45) is 1.51. The number of furan rings is 1. The van der Waals surface area contributed by atoms with Gasteiger partial charge in [-0.15, -0.1) is 0 Å². The molecule has 2 aromatic rings. The van der Waals surface area contributed by atoms with Crippen LogP contribution in [0, 0.1) is 0 Å². The molecule has 1 aromatic carbocycles. The topological polar surface area (TPSA) is 71.3 Å². The lowest BCUT2D eigenvalue weighted by Crippen LogP contribution is -2.22. The average molecular weight is 280 g/mol. The summed E-state index contributed by atoms with van der Waals surface area (Å²) in [4.78, 5) is 0.237. The molecule has 19 heavy (non-hydrogen) atoms. The van der Waals surface area contributed by atoms with Gasteiger partial charge in [0.15, 0.2) is 0 Å². The largest absolute Gasteiger partial charge is 0.468 e. The number of nitrogens with one attached hydrogen (secondary N) is 2. The maximum absolute atomic E-state index is 12.0. The Bertz CT molecular complexity index is 604. The molecule has 0 aliphatic rings. The van der Waals surface area contributed by atoms with Crippen LogP contribution in [0.2, 0.25) is 0 Å². The number of hydrogen-bond donors (Lipinski definition) is 2. The Morgan fingerprint density at radius 3 is 2.47 bits per heavy atom. The fourth-order valence-electron chi connectivity index (χ4n) is 1.62. The highest BCUT2D eigenvalue weighted by Crippen LogP contribution is 2.14. The van der Waals surface area contributed by atoms with Gasteiger partial charge in [-0.05, 0) is 43.3 Å². The van der Waals surface area contributed by atoms with Gasteiger partial charge in [0.2, 0.25) is 10.0 Å². The number of anilines is 1. The summed E-state index contributed by atoms with van der Waals surface area (Å²) in [7, 11) is -3.51. The first-order chi connectivity index (χ1) is 9.12. The van der Waals surface area contributed by atoms with E-state index in [0.29, 0.717) is 5.76 Å². The van der Waals surface area contributed by atoms with Gasteiger partial charge in [0.1, 0.15) is 5.76 Å². The fraction of sp³-hybridized carbons (Fsp3) is 0.231. The Morgan fingerprint density at radius 1 is 1.16 bits per heavy atom. The minimum absolute atomic E-state index is 0.143. The predicted molar refractivity (Wildman–Crippen MR) is 73.3 cm³/mol. The lowest BCUT2D eigenvalue weighted by molar-refractivity contribution is 0.498. The van der Waals surface area contributed by atoms with Crippen LogP contribution in [0.1, 0.15) is 12.7 Å². The van der Waals surface area contributed by atoms with Gasteiger partial charge in [0.05, 0.1) is 17.7 Å². The van der Waals surface area contributed by atoms with Gasteiger partial charge < -0.3 is 9.73 Å². The van der Waals surface area contributed by atoms with E-state index in [9.17, 15) is 8.42 Å². The van der Waals surface area contributed by atoms with Crippen molar-refractivity contribution in [3.8, 4) is 0 Å². The van der Waals surface area contributed by atoms with Crippen molar-refractivity contribution >= 4 is 15.7 Å². The van der Waals surface area contributed by atoms with Gasteiger partial charge in [-0.2, -0.15) is 0 Å². The second-order valence-electron chi connectivity index (χ2n) is 3.96. The molecule has 6 heteroatoms. The van der Waals surface area contributed by atoms with E-state index in [1.165, 1.54) is 6.26 Å². The lowest BCUT2D eigenvalue weighted by Gasteiger charge is -2.07. The summed E-state index contributed by atoms with van der Waals surface area (Å²) < 4.78 is 31.6. The summed E-state index contributed by atoms with van der Waals surface area (Å²) in [5, 5.41) is 3.11. The van der Waals surface area contributed by atoms with Crippen molar-refractivity contribution in [2.45, 2.75) is 18.4 Å². The highest BCUT2D eigenvalue weighted by molar-refractivity contribution is 7.89. The molecule has 0 aliphatic carbocycles. The molecule has 0 fully saturated rings. The average Bonchev–Trinajstić information content (AvgIpc) is 2.91. The lowest BCUT2D eigenvalue weighted by atomic mass is 10.3. The third-order valence-corrected chi connectivity index (χ3v) is 3.98. The predicted octanol–water partition coefficient (Wildman–Crippen LogP) is 2.19. The van der Waals surface area contributed by atoms with E-state index in [-0.39, 0.29) is 11.4 Å². The molecule has 2 rings (SSSR count). The van der Waals surface area contributed by atoms with Gasteiger partial charge in [0, 0.05) is 12.2 Å². The van der Waals surface area contributed by atoms with Crippen LogP contribution < -0.4 is 10.0 Å².